The standard InChI is InChI=1S/C24H29NO4/c1-24-18-28-25-22(24)14-21(17-27-16-20-10-6-3-7-11-20)29-23(24)12-13-26-15-19-8-4-2-5-9-19/h2-11,21,23H,12-18H2,1H3/t21-,23-,24+/m0/s1. The Hall–Kier alpha value is -2.21. The highest BCUT2D eigenvalue weighted by molar-refractivity contribution is 5.92. The third-order valence-corrected chi connectivity index (χ3v) is 5.74. The topological polar surface area (TPSA) is 49.3 Å². The molecular weight excluding hydrogens is 366 g/mol. The molecule has 0 bridgehead atoms. The highest BCUT2D eigenvalue weighted by Gasteiger charge is 2.49. The monoisotopic (exact) mass is 395 g/mol. The molecule has 2 aromatic carbocycles. The van der Waals surface area contributed by atoms with Crippen LogP contribution in [0.5, 0.6) is 0 Å². The number of ether oxygens (including phenoxy) is 3. The number of hydrogen-bond donors (Lipinski definition) is 0. The first-order valence-corrected chi connectivity index (χ1v) is 10.3. The van der Waals surface area contributed by atoms with Crippen LogP contribution < -0.4 is 0 Å². The first-order valence-electron chi connectivity index (χ1n) is 10.3. The van der Waals surface area contributed by atoms with Crippen LogP contribution >= 0.6 is 0 Å². The van der Waals surface area contributed by atoms with E-state index in [2.05, 4.69) is 36.3 Å². The Labute approximate surface area is 172 Å². The molecule has 1 fully saturated rings. The van der Waals surface area contributed by atoms with E-state index in [4.69, 9.17) is 19.0 Å². The van der Waals surface area contributed by atoms with Crippen molar-refractivity contribution >= 4 is 5.71 Å². The summed E-state index contributed by atoms with van der Waals surface area (Å²) in [4.78, 5) is 5.45. The van der Waals surface area contributed by atoms with Crippen molar-refractivity contribution in [3.8, 4) is 0 Å². The Balaban J connectivity index is 1.28. The lowest BCUT2D eigenvalue weighted by Crippen LogP contribution is -2.51. The molecule has 2 aromatic rings. The number of oxime groups is 1. The molecule has 0 amide bonds. The van der Waals surface area contributed by atoms with Gasteiger partial charge in [0.15, 0.2) is 0 Å². The summed E-state index contributed by atoms with van der Waals surface area (Å²) in [6.07, 6.45) is 1.57. The second-order valence-electron chi connectivity index (χ2n) is 8.01. The summed E-state index contributed by atoms with van der Waals surface area (Å²) >= 11 is 0. The summed E-state index contributed by atoms with van der Waals surface area (Å²) in [6, 6.07) is 20.4. The fourth-order valence-corrected chi connectivity index (χ4v) is 3.95. The third kappa shape index (κ3) is 5.04. The van der Waals surface area contributed by atoms with Gasteiger partial charge >= 0.3 is 0 Å². The van der Waals surface area contributed by atoms with Crippen LogP contribution in [0.1, 0.15) is 30.9 Å². The molecule has 5 nitrogen and oxygen atoms in total. The molecule has 2 aliphatic rings. The van der Waals surface area contributed by atoms with Gasteiger partial charge in [-0.15, -0.1) is 0 Å². The maximum atomic E-state index is 6.43. The molecule has 0 saturated carbocycles. The summed E-state index contributed by atoms with van der Waals surface area (Å²) in [5.41, 5.74) is 3.26. The van der Waals surface area contributed by atoms with E-state index in [1.165, 1.54) is 11.1 Å². The van der Waals surface area contributed by atoms with E-state index in [-0.39, 0.29) is 17.6 Å². The van der Waals surface area contributed by atoms with Gasteiger partial charge in [-0.3, -0.25) is 0 Å². The van der Waals surface area contributed by atoms with Gasteiger partial charge in [0.1, 0.15) is 6.61 Å². The predicted molar refractivity (Wildman–Crippen MR) is 112 cm³/mol. The number of rotatable bonds is 9. The van der Waals surface area contributed by atoms with Crippen molar-refractivity contribution in [2.45, 2.75) is 45.2 Å². The number of fused-ring (bicyclic) bond motifs is 1. The third-order valence-electron chi connectivity index (χ3n) is 5.74. The molecule has 0 unspecified atom stereocenters. The average Bonchev–Trinajstić information content (AvgIpc) is 3.14. The van der Waals surface area contributed by atoms with Gasteiger partial charge < -0.3 is 19.0 Å². The quantitative estimate of drug-likeness (QED) is 0.592. The molecule has 29 heavy (non-hydrogen) atoms. The fraction of sp³-hybridized carbons (Fsp3) is 0.458. The lowest BCUT2D eigenvalue weighted by Gasteiger charge is -2.41. The zero-order valence-corrected chi connectivity index (χ0v) is 17.0. The minimum atomic E-state index is -0.175. The van der Waals surface area contributed by atoms with Gasteiger partial charge in [-0.25, -0.2) is 0 Å². The van der Waals surface area contributed by atoms with E-state index in [9.17, 15) is 0 Å². The summed E-state index contributed by atoms with van der Waals surface area (Å²) in [6.45, 7) is 5.15. The van der Waals surface area contributed by atoms with Crippen molar-refractivity contribution in [3.63, 3.8) is 0 Å². The number of nitrogens with zero attached hydrogens (tertiary/aromatic N) is 1. The van der Waals surface area contributed by atoms with Crippen LogP contribution in [-0.2, 0) is 32.3 Å². The van der Waals surface area contributed by atoms with Crippen molar-refractivity contribution in [1.29, 1.82) is 0 Å². The lowest BCUT2D eigenvalue weighted by atomic mass is 9.75. The molecule has 0 radical (unpaired) electrons. The van der Waals surface area contributed by atoms with Crippen LogP contribution in [-0.4, -0.2) is 37.7 Å². The number of benzene rings is 2. The molecule has 4 rings (SSSR count). The lowest BCUT2D eigenvalue weighted by molar-refractivity contribution is -0.117. The summed E-state index contributed by atoms with van der Waals surface area (Å²) in [5, 5.41) is 4.31. The van der Waals surface area contributed by atoms with Crippen LogP contribution in [0.4, 0.5) is 0 Å². The molecular formula is C24H29NO4. The van der Waals surface area contributed by atoms with Crippen LogP contribution in [0.15, 0.2) is 65.8 Å². The van der Waals surface area contributed by atoms with Crippen molar-refractivity contribution in [2.24, 2.45) is 10.6 Å². The van der Waals surface area contributed by atoms with Crippen molar-refractivity contribution in [2.75, 3.05) is 19.8 Å². The predicted octanol–water partition coefficient (Wildman–Crippen LogP) is 4.36. The van der Waals surface area contributed by atoms with Gasteiger partial charge in [0.05, 0.1) is 43.2 Å². The first kappa shape index (κ1) is 20.1. The van der Waals surface area contributed by atoms with Crippen LogP contribution in [0.2, 0.25) is 0 Å². The Morgan fingerprint density at radius 3 is 2.31 bits per heavy atom. The Kier molecular flexibility index (Phi) is 6.60. The molecule has 2 aliphatic heterocycles. The zero-order chi connectivity index (χ0) is 19.9. The average molecular weight is 395 g/mol. The second-order valence-corrected chi connectivity index (χ2v) is 8.01. The minimum absolute atomic E-state index is 0.00800. The summed E-state index contributed by atoms with van der Waals surface area (Å²) in [5.74, 6) is 0. The van der Waals surface area contributed by atoms with Gasteiger partial charge in [-0.05, 0) is 24.5 Å². The van der Waals surface area contributed by atoms with E-state index in [1.54, 1.807) is 0 Å². The maximum Gasteiger partial charge on any atom is 0.130 e. The Morgan fingerprint density at radius 2 is 1.62 bits per heavy atom. The smallest absolute Gasteiger partial charge is 0.130 e. The zero-order valence-electron chi connectivity index (χ0n) is 17.0. The Morgan fingerprint density at radius 1 is 0.966 bits per heavy atom. The molecule has 1 saturated heterocycles. The second kappa shape index (κ2) is 9.53. The number of hydrogen-bond acceptors (Lipinski definition) is 5. The summed E-state index contributed by atoms with van der Waals surface area (Å²) in [7, 11) is 0. The van der Waals surface area contributed by atoms with Gasteiger partial charge in [0.2, 0.25) is 0 Å². The van der Waals surface area contributed by atoms with E-state index in [0.717, 1.165) is 18.6 Å². The largest absolute Gasteiger partial charge is 0.395 e. The van der Waals surface area contributed by atoms with Gasteiger partial charge in [-0.1, -0.05) is 65.8 Å². The molecule has 0 aliphatic carbocycles. The molecule has 0 aromatic heterocycles. The molecule has 2 heterocycles. The van der Waals surface area contributed by atoms with Gasteiger partial charge in [0.25, 0.3) is 0 Å². The highest BCUT2D eigenvalue weighted by Crippen LogP contribution is 2.40. The first-order chi connectivity index (χ1) is 14.2. The normalized spacial score (nSPS) is 25.9. The fourth-order valence-electron chi connectivity index (χ4n) is 3.95. The van der Waals surface area contributed by atoms with E-state index in [0.29, 0.717) is 33.0 Å². The van der Waals surface area contributed by atoms with Crippen LogP contribution in [0.3, 0.4) is 0 Å². The molecule has 0 spiro atoms. The molecule has 5 heteroatoms. The van der Waals surface area contributed by atoms with Gasteiger partial charge in [0, 0.05) is 13.0 Å². The SMILES string of the molecule is C[C@@]12CON=C1C[C@@H](COCc1ccccc1)O[C@H]2CCOCc1ccccc1. The van der Waals surface area contributed by atoms with Crippen molar-refractivity contribution in [1.82, 2.24) is 0 Å². The van der Waals surface area contributed by atoms with Gasteiger partial charge in [-0.2, -0.15) is 0 Å². The van der Waals surface area contributed by atoms with Crippen molar-refractivity contribution in [3.05, 3.63) is 71.8 Å². The molecule has 154 valence electrons. The molecule has 3 atom stereocenters. The van der Waals surface area contributed by atoms with E-state index in [1.807, 2.05) is 36.4 Å². The maximum absolute atomic E-state index is 6.43. The summed E-state index contributed by atoms with van der Waals surface area (Å²) < 4.78 is 18.2. The van der Waals surface area contributed by atoms with E-state index < -0.39 is 0 Å². The van der Waals surface area contributed by atoms with Crippen molar-refractivity contribution < 1.29 is 19.0 Å². The highest BCUT2D eigenvalue weighted by atomic mass is 16.6. The molecule has 0 N–H and O–H groups in total. The minimum Gasteiger partial charge on any atom is -0.395 e. The van der Waals surface area contributed by atoms with Crippen LogP contribution in [0.25, 0.3) is 0 Å². The Bertz CT molecular complexity index is 795. The van der Waals surface area contributed by atoms with Crippen LogP contribution in [0, 0.1) is 5.41 Å². The van der Waals surface area contributed by atoms with E-state index >= 15 is 0 Å².